The highest BCUT2D eigenvalue weighted by molar-refractivity contribution is 6.29. The average Bonchev–Trinajstić information content (AvgIpc) is 2.38. The van der Waals surface area contributed by atoms with Gasteiger partial charge in [-0.1, -0.05) is 42.5 Å². The fraction of sp³-hybridized carbons (Fsp3) is 0. The van der Waals surface area contributed by atoms with Gasteiger partial charge in [0.05, 0.1) is 10.9 Å². The molecule has 0 atom stereocenters. The molecule has 0 spiro atoms. The second-order valence-corrected chi connectivity index (χ2v) is 4.28. The van der Waals surface area contributed by atoms with Crippen LogP contribution in [0.25, 0.3) is 22.0 Å². The Morgan fingerprint density at radius 2 is 1.67 bits per heavy atom. The van der Waals surface area contributed by atoms with Crippen LogP contribution in [0.3, 0.4) is 0 Å². The molecule has 0 unspecified atom stereocenters. The normalized spacial score (nSPS) is 10.7. The lowest BCUT2D eigenvalue weighted by Gasteiger charge is -2.08. The summed E-state index contributed by atoms with van der Waals surface area (Å²) in [5.74, 6) is 0.407. The Kier molecular flexibility index (Phi) is 2.61. The quantitative estimate of drug-likeness (QED) is 0.677. The van der Waals surface area contributed by atoms with Crippen molar-refractivity contribution in [3.8, 4) is 11.1 Å². The topological polar surface area (TPSA) is 51.8 Å². The molecule has 0 saturated heterocycles. The van der Waals surface area contributed by atoms with Crippen LogP contribution >= 0.6 is 11.6 Å². The molecular formula is C14H10ClN3. The van der Waals surface area contributed by atoms with Gasteiger partial charge in [-0.05, 0) is 28.8 Å². The van der Waals surface area contributed by atoms with Crippen LogP contribution in [-0.4, -0.2) is 9.97 Å². The van der Waals surface area contributed by atoms with Gasteiger partial charge in [-0.25, -0.2) is 9.97 Å². The van der Waals surface area contributed by atoms with Crippen molar-refractivity contribution in [3.05, 3.63) is 53.8 Å². The molecule has 4 heteroatoms. The fourth-order valence-corrected chi connectivity index (χ4v) is 2.22. The summed E-state index contributed by atoms with van der Waals surface area (Å²) in [4.78, 5) is 8.22. The molecule has 1 aromatic heterocycles. The Morgan fingerprint density at radius 3 is 2.44 bits per heavy atom. The molecule has 2 aromatic carbocycles. The molecule has 0 radical (unpaired) electrons. The van der Waals surface area contributed by atoms with Crippen molar-refractivity contribution >= 4 is 28.3 Å². The van der Waals surface area contributed by atoms with E-state index in [0.29, 0.717) is 5.82 Å². The second kappa shape index (κ2) is 4.27. The molecule has 88 valence electrons. The molecule has 2 N–H and O–H groups in total. The summed E-state index contributed by atoms with van der Waals surface area (Å²) in [5, 5.41) is 1.01. The van der Waals surface area contributed by atoms with Crippen molar-refractivity contribution in [1.29, 1.82) is 0 Å². The second-order valence-electron chi connectivity index (χ2n) is 3.94. The zero-order valence-corrected chi connectivity index (χ0v) is 10.2. The summed E-state index contributed by atoms with van der Waals surface area (Å²) < 4.78 is 0. The standard InChI is InChI=1S/C14H10ClN3/c15-14-17-11-8-4-7-10(12(11)13(16)18-14)9-5-2-1-3-6-9/h1-8H,(H2,16,17,18). The Hall–Kier alpha value is -2.13. The number of halogens is 1. The van der Waals surface area contributed by atoms with E-state index in [2.05, 4.69) is 9.97 Å². The zero-order chi connectivity index (χ0) is 12.5. The van der Waals surface area contributed by atoms with Gasteiger partial charge >= 0.3 is 0 Å². The van der Waals surface area contributed by atoms with E-state index in [1.54, 1.807) is 0 Å². The summed E-state index contributed by atoms with van der Waals surface area (Å²) in [6, 6.07) is 15.8. The third-order valence-corrected chi connectivity index (χ3v) is 2.98. The number of nitrogens with zero attached hydrogens (tertiary/aromatic N) is 2. The number of fused-ring (bicyclic) bond motifs is 1. The first-order chi connectivity index (χ1) is 8.75. The molecule has 18 heavy (non-hydrogen) atoms. The third-order valence-electron chi connectivity index (χ3n) is 2.81. The maximum atomic E-state index is 5.96. The molecule has 1 heterocycles. The van der Waals surface area contributed by atoms with Gasteiger partial charge in [0.2, 0.25) is 5.28 Å². The third kappa shape index (κ3) is 1.79. The monoisotopic (exact) mass is 255 g/mol. The van der Waals surface area contributed by atoms with Crippen molar-refractivity contribution in [2.24, 2.45) is 0 Å². The van der Waals surface area contributed by atoms with Crippen molar-refractivity contribution in [2.45, 2.75) is 0 Å². The summed E-state index contributed by atoms with van der Waals surface area (Å²) in [6.07, 6.45) is 0. The van der Waals surface area contributed by atoms with Crippen molar-refractivity contribution in [2.75, 3.05) is 5.73 Å². The minimum atomic E-state index is 0.171. The molecule has 0 saturated carbocycles. The Bertz CT molecular complexity index is 711. The van der Waals surface area contributed by atoms with E-state index in [9.17, 15) is 0 Å². The van der Waals surface area contributed by atoms with E-state index in [0.717, 1.165) is 22.0 Å². The number of hydrogen-bond donors (Lipinski definition) is 1. The zero-order valence-electron chi connectivity index (χ0n) is 9.47. The summed E-state index contributed by atoms with van der Waals surface area (Å²) in [6.45, 7) is 0. The molecule has 0 aliphatic heterocycles. The highest BCUT2D eigenvalue weighted by Gasteiger charge is 2.09. The first-order valence-corrected chi connectivity index (χ1v) is 5.90. The molecule has 0 amide bonds. The Labute approximate surface area is 109 Å². The minimum absolute atomic E-state index is 0.171. The van der Waals surface area contributed by atoms with Gasteiger partial charge in [0.25, 0.3) is 0 Å². The van der Waals surface area contributed by atoms with Gasteiger partial charge in [0.1, 0.15) is 5.82 Å². The van der Waals surface area contributed by atoms with Gasteiger partial charge in [0, 0.05) is 0 Å². The average molecular weight is 256 g/mol. The van der Waals surface area contributed by atoms with Gasteiger partial charge in [-0.3, -0.25) is 0 Å². The molecular weight excluding hydrogens is 246 g/mol. The number of anilines is 1. The lowest BCUT2D eigenvalue weighted by molar-refractivity contribution is 1.23. The maximum Gasteiger partial charge on any atom is 0.224 e. The molecule has 0 bridgehead atoms. The van der Waals surface area contributed by atoms with Crippen LogP contribution in [-0.2, 0) is 0 Å². The fourth-order valence-electron chi connectivity index (χ4n) is 2.04. The van der Waals surface area contributed by atoms with Crippen molar-refractivity contribution in [3.63, 3.8) is 0 Å². The molecule has 0 fully saturated rings. The maximum absolute atomic E-state index is 5.96. The SMILES string of the molecule is Nc1nc(Cl)nc2cccc(-c3ccccc3)c12. The van der Waals surface area contributed by atoms with Crippen molar-refractivity contribution < 1.29 is 0 Å². The first kappa shape index (κ1) is 11.0. The number of hydrogen-bond acceptors (Lipinski definition) is 3. The van der Waals surface area contributed by atoms with E-state index in [1.165, 1.54) is 0 Å². The predicted molar refractivity (Wildman–Crippen MR) is 74.4 cm³/mol. The number of nitrogens with two attached hydrogens (primary N) is 1. The van der Waals surface area contributed by atoms with E-state index in [-0.39, 0.29) is 5.28 Å². The highest BCUT2D eigenvalue weighted by atomic mass is 35.5. The van der Waals surface area contributed by atoms with E-state index >= 15 is 0 Å². The number of nitrogen functional groups attached to an aromatic ring is 1. The Balaban J connectivity index is 2.37. The van der Waals surface area contributed by atoms with Gasteiger partial charge in [-0.2, -0.15) is 0 Å². The van der Waals surface area contributed by atoms with E-state index in [1.807, 2.05) is 48.5 Å². The minimum Gasteiger partial charge on any atom is -0.383 e. The highest BCUT2D eigenvalue weighted by Crippen LogP contribution is 2.31. The van der Waals surface area contributed by atoms with Crippen LogP contribution in [0.2, 0.25) is 5.28 Å². The summed E-state index contributed by atoms with van der Waals surface area (Å²) >= 11 is 5.82. The first-order valence-electron chi connectivity index (χ1n) is 5.53. The van der Waals surface area contributed by atoms with Crippen LogP contribution in [0.15, 0.2) is 48.5 Å². The summed E-state index contributed by atoms with van der Waals surface area (Å²) in [5.41, 5.74) is 8.82. The van der Waals surface area contributed by atoms with Gasteiger partial charge in [-0.15, -0.1) is 0 Å². The number of benzene rings is 2. The predicted octanol–water partition coefficient (Wildman–Crippen LogP) is 3.53. The van der Waals surface area contributed by atoms with Crippen LogP contribution in [0, 0.1) is 0 Å². The number of rotatable bonds is 1. The number of aromatic nitrogens is 2. The van der Waals surface area contributed by atoms with Crippen LogP contribution in [0.1, 0.15) is 0 Å². The van der Waals surface area contributed by atoms with E-state index < -0.39 is 0 Å². The molecule has 0 aliphatic rings. The lowest BCUT2D eigenvalue weighted by atomic mass is 10.0. The van der Waals surface area contributed by atoms with Crippen LogP contribution < -0.4 is 5.73 Å². The van der Waals surface area contributed by atoms with Crippen molar-refractivity contribution in [1.82, 2.24) is 9.97 Å². The van der Waals surface area contributed by atoms with Gasteiger partial charge < -0.3 is 5.73 Å². The van der Waals surface area contributed by atoms with Gasteiger partial charge in [0.15, 0.2) is 0 Å². The smallest absolute Gasteiger partial charge is 0.224 e. The molecule has 3 rings (SSSR count). The lowest BCUT2D eigenvalue weighted by Crippen LogP contribution is -1.96. The molecule has 0 aliphatic carbocycles. The van der Waals surface area contributed by atoms with Crippen LogP contribution in [0.5, 0.6) is 0 Å². The summed E-state index contributed by atoms with van der Waals surface area (Å²) in [7, 11) is 0. The Morgan fingerprint density at radius 1 is 0.889 bits per heavy atom. The van der Waals surface area contributed by atoms with Crippen LogP contribution in [0.4, 0.5) is 5.82 Å². The molecule has 3 aromatic rings. The largest absolute Gasteiger partial charge is 0.383 e. The molecule has 3 nitrogen and oxygen atoms in total. The van der Waals surface area contributed by atoms with E-state index in [4.69, 9.17) is 17.3 Å².